The number of carbonyl (C=O) groups excluding carboxylic acids is 1. The molecule has 1 aliphatic heterocycles. The van der Waals surface area contributed by atoms with Crippen LogP contribution in [0.4, 0.5) is 0 Å². The van der Waals surface area contributed by atoms with Crippen molar-refractivity contribution in [2.75, 3.05) is 0 Å². The van der Waals surface area contributed by atoms with Gasteiger partial charge in [-0.25, -0.2) is 0 Å². The molecule has 3 nitrogen and oxygen atoms in total. The topological polar surface area (TPSA) is 46.5 Å². The summed E-state index contributed by atoms with van der Waals surface area (Å²) >= 11 is 0. The lowest BCUT2D eigenvalue weighted by Crippen LogP contribution is -2.31. The summed E-state index contributed by atoms with van der Waals surface area (Å²) in [7, 11) is 0. The Morgan fingerprint density at radius 1 is 1.33 bits per heavy atom. The molecule has 3 heteroatoms. The molecule has 0 aromatic carbocycles. The van der Waals surface area contributed by atoms with Gasteiger partial charge in [-0.3, -0.25) is 4.79 Å². The molecule has 0 radical (unpaired) electrons. The number of hydrogen-bond acceptors (Lipinski definition) is 3. The first kappa shape index (κ1) is 13.3. The van der Waals surface area contributed by atoms with Gasteiger partial charge in [0.15, 0.2) is 0 Å². The normalized spacial score (nSPS) is 37.4. The quantitative estimate of drug-likeness (QED) is 0.531. The van der Waals surface area contributed by atoms with Gasteiger partial charge in [0.05, 0.1) is 12.0 Å². The van der Waals surface area contributed by atoms with Crippen molar-refractivity contribution in [3.8, 4) is 0 Å². The molecule has 1 saturated heterocycles. The van der Waals surface area contributed by atoms with Crippen molar-refractivity contribution in [2.24, 2.45) is 11.8 Å². The van der Waals surface area contributed by atoms with Gasteiger partial charge >= 0.3 is 5.97 Å². The predicted molar refractivity (Wildman–Crippen MR) is 69.9 cm³/mol. The van der Waals surface area contributed by atoms with E-state index in [1.54, 1.807) is 0 Å². The van der Waals surface area contributed by atoms with Gasteiger partial charge < -0.3 is 9.84 Å². The fraction of sp³-hybridized carbons (Fsp3) is 0.667. The maximum atomic E-state index is 11.7. The lowest BCUT2D eigenvalue weighted by Gasteiger charge is -2.24. The maximum Gasteiger partial charge on any atom is 0.309 e. The molecule has 18 heavy (non-hydrogen) atoms. The lowest BCUT2D eigenvalue weighted by atomic mass is 9.82. The summed E-state index contributed by atoms with van der Waals surface area (Å²) < 4.78 is 5.39. The number of hydrogen-bond donors (Lipinski definition) is 1. The van der Waals surface area contributed by atoms with Crippen molar-refractivity contribution in [3.05, 3.63) is 23.3 Å². The number of fused-ring (bicyclic) bond motifs is 1. The van der Waals surface area contributed by atoms with Crippen LogP contribution < -0.4 is 0 Å². The third-order valence-corrected chi connectivity index (χ3v) is 4.04. The Labute approximate surface area is 109 Å². The van der Waals surface area contributed by atoms with E-state index in [1.165, 1.54) is 11.1 Å². The second-order valence-electron chi connectivity index (χ2n) is 5.64. The third kappa shape index (κ3) is 2.66. The molecule has 0 aromatic heterocycles. The molecule has 1 fully saturated rings. The first-order valence-electron chi connectivity index (χ1n) is 6.70. The van der Waals surface area contributed by atoms with E-state index in [0.29, 0.717) is 6.42 Å². The molecule has 0 saturated carbocycles. The Hall–Kier alpha value is -1.09. The fourth-order valence-corrected chi connectivity index (χ4v) is 2.92. The second-order valence-corrected chi connectivity index (χ2v) is 5.64. The summed E-state index contributed by atoms with van der Waals surface area (Å²) in [6, 6.07) is 0. The van der Waals surface area contributed by atoms with E-state index in [9.17, 15) is 9.90 Å². The molecule has 2 rings (SSSR count). The number of aliphatic hydroxyl groups excluding tert-OH is 1. The summed E-state index contributed by atoms with van der Waals surface area (Å²) in [5, 5.41) is 10.3. The van der Waals surface area contributed by atoms with Crippen molar-refractivity contribution in [3.63, 3.8) is 0 Å². The van der Waals surface area contributed by atoms with Gasteiger partial charge in [0.2, 0.25) is 0 Å². The van der Waals surface area contributed by atoms with Gasteiger partial charge in [-0.15, -0.1) is 0 Å². The zero-order chi connectivity index (χ0) is 13.3. The van der Waals surface area contributed by atoms with Crippen LogP contribution in [-0.4, -0.2) is 23.3 Å². The van der Waals surface area contributed by atoms with Gasteiger partial charge in [-0.1, -0.05) is 24.1 Å². The Morgan fingerprint density at radius 3 is 2.78 bits per heavy atom. The van der Waals surface area contributed by atoms with Crippen LogP contribution in [0.15, 0.2) is 23.3 Å². The highest BCUT2D eigenvalue weighted by Crippen LogP contribution is 2.35. The van der Waals surface area contributed by atoms with Gasteiger partial charge in [0.1, 0.15) is 6.10 Å². The number of aliphatic hydroxyl groups is 1. The lowest BCUT2D eigenvalue weighted by molar-refractivity contribution is -0.142. The third-order valence-electron chi connectivity index (χ3n) is 4.04. The van der Waals surface area contributed by atoms with E-state index in [1.807, 2.05) is 19.9 Å². The monoisotopic (exact) mass is 250 g/mol. The summed E-state index contributed by atoms with van der Waals surface area (Å²) in [5.74, 6) is -0.524. The Kier molecular flexibility index (Phi) is 3.91. The Bertz CT molecular complexity index is 395. The first-order chi connectivity index (χ1) is 8.49. The minimum atomic E-state index is -0.505. The molecule has 0 aromatic rings. The van der Waals surface area contributed by atoms with Gasteiger partial charge in [0, 0.05) is 5.92 Å². The number of ether oxygens (including phenoxy) is 1. The average molecular weight is 250 g/mol. The van der Waals surface area contributed by atoms with E-state index in [-0.39, 0.29) is 23.9 Å². The van der Waals surface area contributed by atoms with Crippen LogP contribution >= 0.6 is 0 Å². The molecule has 4 atom stereocenters. The summed E-state index contributed by atoms with van der Waals surface area (Å²) in [6.45, 7) is 5.95. The van der Waals surface area contributed by atoms with Crippen molar-refractivity contribution >= 4 is 5.97 Å². The zero-order valence-electron chi connectivity index (χ0n) is 11.3. The smallest absolute Gasteiger partial charge is 0.309 e. The summed E-state index contributed by atoms with van der Waals surface area (Å²) in [6.07, 6.45) is 6.05. The van der Waals surface area contributed by atoms with Crippen molar-refractivity contribution in [1.82, 2.24) is 0 Å². The minimum Gasteiger partial charge on any atom is -0.457 e. The number of carbonyl (C=O) groups is 1. The van der Waals surface area contributed by atoms with Crippen LogP contribution in [0, 0.1) is 11.8 Å². The second kappa shape index (κ2) is 5.27. The molecule has 100 valence electrons. The largest absolute Gasteiger partial charge is 0.457 e. The molecule has 2 aliphatic rings. The predicted octanol–water partition coefficient (Wildman–Crippen LogP) is 2.60. The first-order valence-corrected chi connectivity index (χ1v) is 6.70. The van der Waals surface area contributed by atoms with Crippen molar-refractivity contribution in [1.29, 1.82) is 0 Å². The molecule has 4 unspecified atom stereocenters. The Balaban J connectivity index is 2.30. The molecule has 0 spiro atoms. The number of esters is 1. The molecule has 0 amide bonds. The van der Waals surface area contributed by atoms with E-state index in [4.69, 9.17) is 4.74 Å². The van der Waals surface area contributed by atoms with E-state index < -0.39 is 6.10 Å². The molecular weight excluding hydrogens is 228 g/mol. The molecule has 1 aliphatic carbocycles. The van der Waals surface area contributed by atoms with Crippen LogP contribution in [-0.2, 0) is 9.53 Å². The maximum absolute atomic E-state index is 11.7. The van der Waals surface area contributed by atoms with E-state index in [2.05, 4.69) is 13.0 Å². The van der Waals surface area contributed by atoms with Crippen LogP contribution in [0.3, 0.4) is 0 Å². The molecular formula is C15H22O3. The van der Waals surface area contributed by atoms with Crippen LogP contribution in [0.5, 0.6) is 0 Å². The van der Waals surface area contributed by atoms with Crippen LogP contribution in [0.25, 0.3) is 0 Å². The fourth-order valence-electron chi connectivity index (χ4n) is 2.92. The average Bonchev–Trinajstić information content (AvgIpc) is 2.53. The van der Waals surface area contributed by atoms with E-state index >= 15 is 0 Å². The highest BCUT2D eigenvalue weighted by Gasteiger charge is 2.44. The molecule has 0 bridgehead atoms. The molecule has 1 N–H and O–H groups in total. The van der Waals surface area contributed by atoms with Crippen molar-refractivity contribution < 1.29 is 14.6 Å². The summed E-state index contributed by atoms with van der Waals surface area (Å²) in [5.41, 5.74) is 2.42. The van der Waals surface area contributed by atoms with Gasteiger partial charge in [0.25, 0.3) is 0 Å². The number of allylic oxidation sites excluding steroid dienone is 2. The standard InChI is InChI=1S/C15H22O3/c1-9-5-4-6-10(2)8-13-14(12(16)7-9)11(3)15(17)18-13/h5,8,11-14,16H,4,6-7H2,1-3H3. The minimum absolute atomic E-state index is 0.117. The van der Waals surface area contributed by atoms with Crippen LogP contribution in [0.1, 0.15) is 40.0 Å². The molecule has 1 heterocycles. The van der Waals surface area contributed by atoms with Gasteiger partial charge in [-0.2, -0.15) is 0 Å². The Morgan fingerprint density at radius 2 is 2.06 bits per heavy atom. The SMILES string of the molecule is CC1=CC2OC(=O)C(C)C2C(O)CC(C)=CCC1. The summed E-state index contributed by atoms with van der Waals surface area (Å²) in [4.78, 5) is 11.7. The van der Waals surface area contributed by atoms with Gasteiger partial charge in [-0.05, 0) is 39.2 Å². The highest BCUT2D eigenvalue weighted by molar-refractivity contribution is 5.75. The zero-order valence-corrected chi connectivity index (χ0v) is 11.3. The number of rotatable bonds is 0. The van der Waals surface area contributed by atoms with Crippen molar-refractivity contribution in [2.45, 2.75) is 52.2 Å². The van der Waals surface area contributed by atoms with E-state index in [0.717, 1.165) is 12.8 Å². The highest BCUT2D eigenvalue weighted by atomic mass is 16.6. The van der Waals surface area contributed by atoms with Crippen LogP contribution in [0.2, 0.25) is 0 Å².